The van der Waals surface area contributed by atoms with Crippen LogP contribution in [0.25, 0.3) is 0 Å². The summed E-state index contributed by atoms with van der Waals surface area (Å²) in [5.41, 5.74) is 4.77. The molecule has 0 saturated heterocycles. The Morgan fingerprint density at radius 2 is 1.80 bits per heavy atom. The molecule has 48 valence electrons. The average Bonchev–Trinajstić information content (AvgIpc) is 1.65. The van der Waals surface area contributed by atoms with Crippen LogP contribution in [0.4, 0.5) is 0 Å². The van der Waals surface area contributed by atoms with Gasteiger partial charge in [-0.25, -0.2) is 0 Å². The third-order valence-corrected chi connectivity index (χ3v) is 0.514. The zero-order chi connectivity index (χ0) is 5.86. The molecule has 0 aliphatic carbocycles. The molecule has 0 bridgehead atoms. The number of carbonyl (C=O) groups is 1. The monoisotopic (exact) mass is 177 g/mol. The van der Waals surface area contributed by atoms with Gasteiger partial charge in [-0.2, -0.15) is 0 Å². The molecule has 0 aliphatic rings. The summed E-state index contributed by atoms with van der Waals surface area (Å²) in [6.07, 6.45) is 0. The van der Waals surface area contributed by atoms with Crippen LogP contribution in [-0.2, 0) is 4.79 Å². The standard InChI is InChI=1S/C3H7NO3.3Na.3H/c4-2(1-5)3(6)7;;;;;;/h2,5H,1,4H2,(H,6,7);;;;;;/q;3*+1;3*-1. The summed E-state index contributed by atoms with van der Waals surface area (Å²) in [7, 11) is 0. The number of hydrogen-bond donors (Lipinski definition) is 3. The van der Waals surface area contributed by atoms with E-state index >= 15 is 0 Å². The van der Waals surface area contributed by atoms with Crippen molar-refractivity contribution in [2.45, 2.75) is 6.04 Å². The number of carboxylic acids is 1. The van der Waals surface area contributed by atoms with Crippen molar-refractivity contribution in [3.8, 4) is 0 Å². The van der Waals surface area contributed by atoms with E-state index in [9.17, 15) is 4.79 Å². The maximum absolute atomic E-state index is 9.65. The molecule has 0 aliphatic heterocycles. The molecular formula is C3H10NNa3O3. The van der Waals surface area contributed by atoms with Gasteiger partial charge in [0.25, 0.3) is 0 Å². The molecule has 10 heavy (non-hydrogen) atoms. The third kappa shape index (κ3) is 13.0. The van der Waals surface area contributed by atoms with Gasteiger partial charge in [0.2, 0.25) is 0 Å². The first kappa shape index (κ1) is 22.8. The fourth-order valence-electron chi connectivity index (χ4n) is 0.0781. The quantitative estimate of drug-likeness (QED) is 0.366. The van der Waals surface area contributed by atoms with Crippen LogP contribution in [0.3, 0.4) is 0 Å². The summed E-state index contributed by atoms with van der Waals surface area (Å²) in [6.45, 7) is -0.505. The molecular weight excluding hydrogens is 167 g/mol. The minimum absolute atomic E-state index is 0. The van der Waals surface area contributed by atoms with E-state index in [4.69, 9.17) is 15.9 Å². The van der Waals surface area contributed by atoms with Crippen LogP contribution in [0, 0.1) is 0 Å². The number of aliphatic carboxylic acids is 1. The first-order chi connectivity index (χ1) is 3.18. The zero-order valence-corrected chi connectivity index (χ0v) is 12.7. The average molecular weight is 177 g/mol. The maximum atomic E-state index is 9.65. The van der Waals surface area contributed by atoms with E-state index in [1.807, 2.05) is 0 Å². The molecule has 0 aromatic rings. The fraction of sp³-hybridized carbons (Fsp3) is 0.667. The Bertz CT molecular complexity index is 91.5. The molecule has 0 aromatic carbocycles. The summed E-state index contributed by atoms with van der Waals surface area (Å²) in [5.74, 6) is -1.18. The predicted molar refractivity (Wildman–Crippen MR) is 26.0 cm³/mol. The summed E-state index contributed by atoms with van der Waals surface area (Å²) in [5, 5.41) is 15.9. The number of rotatable bonds is 2. The van der Waals surface area contributed by atoms with E-state index in [-0.39, 0.29) is 93.0 Å². The Kier molecular flexibility index (Phi) is 31.8. The first-order valence-corrected chi connectivity index (χ1v) is 1.77. The van der Waals surface area contributed by atoms with E-state index in [0.29, 0.717) is 0 Å². The number of aliphatic hydroxyl groups excluding tert-OH is 1. The normalized spacial score (nSPS) is 9.40. The molecule has 0 fully saturated rings. The largest absolute Gasteiger partial charge is 1.00 e. The molecule has 7 heteroatoms. The molecule has 0 heterocycles. The van der Waals surface area contributed by atoms with Gasteiger partial charge in [-0.3, -0.25) is 4.79 Å². The topological polar surface area (TPSA) is 83.5 Å². The SMILES string of the molecule is NC(CO)C(=O)O.[H-].[H-].[H-].[Na+].[Na+].[Na+]. The van der Waals surface area contributed by atoms with Crippen LogP contribution in [-0.4, -0.2) is 28.8 Å². The molecule has 0 spiro atoms. The maximum Gasteiger partial charge on any atom is 1.00 e. The minimum atomic E-state index is -1.18. The molecule has 0 rings (SSSR count). The van der Waals surface area contributed by atoms with Gasteiger partial charge in [0, 0.05) is 0 Å². The summed E-state index contributed by atoms with van der Waals surface area (Å²) in [4.78, 5) is 9.65. The molecule has 1 unspecified atom stereocenters. The van der Waals surface area contributed by atoms with Crippen LogP contribution in [0.15, 0.2) is 0 Å². The minimum Gasteiger partial charge on any atom is -1.00 e. The Hall–Kier alpha value is 2.39. The van der Waals surface area contributed by atoms with Gasteiger partial charge in [-0.15, -0.1) is 0 Å². The van der Waals surface area contributed by atoms with Crippen molar-refractivity contribution in [3.05, 3.63) is 0 Å². The Labute approximate surface area is 130 Å². The summed E-state index contributed by atoms with van der Waals surface area (Å²) >= 11 is 0. The van der Waals surface area contributed by atoms with Gasteiger partial charge in [0.05, 0.1) is 6.61 Å². The van der Waals surface area contributed by atoms with Gasteiger partial charge in [0.1, 0.15) is 6.04 Å². The third-order valence-electron chi connectivity index (χ3n) is 0.514. The van der Waals surface area contributed by atoms with Crippen LogP contribution in [0.1, 0.15) is 4.28 Å². The smallest absolute Gasteiger partial charge is 1.00 e. The van der Waals surface area contributed by atoms with Crippen molar-refractivity contribution >= 4 is 5.97 Å². The number of aliphatic hydroxyl groups is 1. The van der Waals surface area contributed by atoms with Crippen LogP contribution < -0.4 is 94.4 Å². The molecule has 0 aromatic heterocycles. The van der Waals surface area contributed by atoms with Crippen molar-refractivity contribution in [2.24, 2.45) is 5.73 Å². The second-order valence-corrected chi connectivity index (χ2v) is 1.13. The van der Waals surface area contributed by atoms with E-state index in [1.165, 1.54) is 0 Å². The summed E-state index contributed by atoms with van der Waals surface area (Å²) in [6, 6.07) is -1.13. The van der Waals surface area contributed by atoms with Crippen molar-refractivity contribution < 1.29 is 108 Å². The molecule has 1 atom stereocenters. The van der Waals surface area contributed by atoms with Gasteiger partial charge in [-0.1, -0.05) is 0 Å². The molecule has 0 radical (unpaired) electrons. The van der Waals surface area contributed by atoms with Gasteiger partial charge in [-0.05, 0) is 0 Å². The van der Waals surface area contributed by atoms with Crippen molar-refractivity contribution in [3.63, 3.8) is 0 Å². The Balaban J connectivity index is -0.0000000120. The predicted octanol–water partition coefficient (Wildman–Crippen LogP) is -10.3. The fourth-order valence-corrected chi connectivity index (χ4v) is 0.0781. The first-order valence-electron chi connectivity index (χ1n) is 1.77. The van der Waals surface area contributed by atoms with Gasteiger partial charge in [0.15, 0.2) is 0 Å². The number of carboxylic acid groups (broad SMARTS) is 1. The number of nitrogens with two attached hydrogens (primary N) is 1. The molecule has 0 amide bonds. The molecule has 4 nitrogen and oxygen atoms in total. The summed E-state index contributed by atoms with van der Waals surface area (Å²) < 4.78 is 0. The van der Waals surface area contributed by atoms with E-state index < -0.39 is 18.6 Å². The van der Waals surface area contributed by atoms with Crippen molar-refractivity contribution in [1.29, 1.82) is 0 Å². The van der Waals surface area contributed by atoms with Crippen LogP contribution in [0.2, 0.25) is 0 Å². The second-order valence-electron chi connectivity index (χ2n) is 1.13. The van der Waals surface area contributed by atoms with Gasteiger partial charge >= 0.3 is 94.6 Å². The molecule has 4 N–H and O–H groups in total. The Morgan fingerprint density at radius 3 is 1.80 bits per heavy atom. The van der Waals surface area contributed by atoms with E-state index in [2.05, 4.69) is 0 Å². The van der Waals surface area contributed by atoms with Crippen molar-refractivity contribution in [1.82, 2.24) is 0 Å². The zero-order valence-electron chi connectivity index (χ0n) is 9.66. The number of hydrogen-bond acceptors (Lipinski definition) is 3. The van der Waals surface area contributed by atoms with Crippen molar-refractivity contribution in [2.75, 3.05) is 6.61 Å². The van der Waals surface area contributed by atoms with Crippen LogP contribution >= 0.6 is 0 Å². The van der Waals surface area contributed by atoms with Gasteiger partial charge < -0.3 is 20.2 Å². The van der Waals surface area contributed by atoms with E-state index in [0.717, 1.165) is 0 Å². The Morgan fingerprint density at radius 1 is 1.50 bits per heavy atom. The van der Waals surface area contributed by atoms with Crippen LogP contribution in [0.5, 0.6) is 0 Å². The second kappa shape index (κ2) is 13.9. The van der Waals surface area contributed by atoms with E-state index in [1.54, 1.807) is 0 Å². The molecule has 0 saturated carbocycles.